The molecular weight excluding hydrogens is 260 g/mol. The van der Waals surface area contributed by atoms with Gasteiger partial charge >= 0.3 is 0 Å². The van der Waals surface area contributed by atoms with Crippen LogP contribution in [0.2, 0.25) is 0 Å². The van der Waals surface area contributed by atoms with Crippen molar-refractivity contribution in [1.29, 1.82) is 0 Å². The highest BCUT2D eigenvalue weighted by molar-refractivity contribution is 5.32. The van der Waals surface area contributed by atoms with Crippen LogP contribution in [-0.4, -0.2) is 0 Å². The monoisotopic (exact) mass is 280 g/mol. The third kappa shape index (κ3) is 4.29. The fourth-order valence-electron chi connectivity index (χ4n) is 1.94. The molecule has 2 aromatic carbocycles. The van der Waals surface area contributed by atoms with Crippen LogP contribution in [-0.2, 0) is 12.0 Å². The van der Waals surface area contributed by atoms with Crippen molar-refractivity contribution in [3.63, 3.8) is 0 Å². The molecule has 0 unspecified atom stereocenters. The summed E-state index contributed by atoms with van der Waals surface area (Å²) in [4.78, 5) is 0. The third-order valence-corrected chi connectivity index (χ3v) is 3.23. The lowest BCUT2D eigenvalue weighted by Crippen LogP contribution is -2.10. The average molecular weight is 280 g/mol. The minimum atomic E-state index is 0.173. The molecule has 2 rings (SSSR count). The van der Waals surface area contributed by atoms with Gasteiger partial charge in [0.25, 0.3) is 0 Å². The fraction of sp³-hybridized carbons (Fsp3) is 0.263. The Labute approximate surface area is 126 Å². The standard InChI is InChI=1S/C19H20O2/c1-5-20-17-10-12-18(13-11-17)21-14-15-6-8-16(9-7-15)19(2,3)4/h1,6-13H,14H2,2-4H3. The van der Waals surface area contributed by atoms with Crippen LogP contribution in [0.25, 0.3) is 0 Å². The van der Waals surface area contributed by atoms with Crippen molar-refractivity contribution in [3.05, 3.63) is 59.7 Å². The summed E-state index contributed by atoms with van der Waals surface area (Å²) < 4.78 is 10.7. The Balaban J connectivity index is 1.95. The molecule has 0 spiro atoms. The molecule has 0 heterocycles. The normalized spacial score (nSPS) is 10.8. The van der Waals surface area contributed by atoms with Crippen LogP contribution in [0.1, 0.15) is 31.9 Å². The molecule has 2 nitrogen and oxygen atoms in total. The number of hydrogen-bond donors (Lipinski definition) is 0. The molecule has 108 valence electrons. The highest BCUT2D eigenvalue weighted by Gasteiger charge is 2.12. The molecule has 0 amide bonds. The van der Waals surface area contributed by atoms with Crippen molar-refractivity contribution in [3.8, 4) is 24.0 Å². The second-order valence-corrected chi connectivity index (χ2v) is 5.93. The van der Waals surface area contributed by atoms with E-state index in [2.05, 4.69) is 51.1 Å². The van der Waals surface area contributed by atoms with E-state index in [-0.39, 0.29) is 5.41 Å². The smallest absolute Gasteiger partial charge is 0.140 e. The zero-order valence-electron chi connectivity index (χ0n) is 12.7. The maximum atomic E-state index is 5.74. The van der Waals surface area contributed by atoms with Crippen molar-refractivity contribution in [2.75, 3.05) is 0 Å². The van der Waals surface area contributed by atoms with Gasteiger partial charge in [0, 0.05) is 0 Å². The van der Waals surface area contributed by atoms with Gasteiger partial charge in [-0.3, -0.25) is 0 Å². The molecule has 0 fully saturated rings. The van der Waals surface area contributed by atoms with Gasteiger partial charge in [0.05, 0.1) is 0 Å². The zero-order chi connectivity index (χ0) is 15.3. The summed E-state index contributed by atoms with van der Waals surface area (Å²) in [6, 6.07) is 15.8. The van der Waals surface area contributed by atoms with E-state index in [0.29, 0.717) is 12.4 Å². The van der Waals surface area contributed by atoms with E-state index in [1.165, 1.54) is 5.56 Å². The quantitative estimate of drug-likeness (QED) is 0.766. The van der Waals surface area contributed by atoms with Crippen molar-refractivity contribution < 1.29 is 9.47 Å². The Kier molecular flexibility index (Phi) is 4.55. The first kappa shape index (κ1) is 15.0. The van der Waals surface area contributed by atoms with E-state index in [0.717, 1.165) is 11.3 Å². The lowest BCUT2D eigenvalue weighted by Gasteiger charge is -2.19. The van der Waals surface area contributed by atoms with E-state index in [1.807, 2.05) is 12.1 Å². The van der Waals surface area contributed by atoms with E-state index >= 15 is 0 Å². The van der Waals surface area contributed by atoms with E-state index in [4.69, 9.17) is 15.9 Å². The van der Waals surface area contributed by atoms with Gasteiger partial charge < -0.3 is 9.47 Å². The van der Waals surface area contributed by atoms with Gasteiger partial charge in [-0.25, -0.2) is 0 Å². The predicted octanol–water partition coefficient (Wildman–Crippen LogP) is 4.53. The summed E-state index contributed by atoms with van der Waals surface area (Å²) in [6.07, 6.45) is 7.21. The minimum absolute atomic E-state index is 0.173. The lowest BCUT2D eigenvalue weighted by atomic mass is 9.87. The second-order valence-electron chi connectivity index (χ2n) is 5.93. The molecule has 0 aliphatic carbocycles. The van der Waals surface area contributed by atoms with Gasteiger partial charge in [-0.05, 0) is 40.8 Å². The fourth-order valence-corrected chi connectivity index (χ4v) is 1.94. The van der Waals surface area contributed by atoms with Crippen molar-refractivity contribution >= 4 is 0 Å². The maximum Gasteiger partial charge on any atom is 0.140 e. The average Bonchev–Trinajstić information content (AvgIpc) is 2.46. The Morgan fingerprint density at radius 1 is 0.905 bits per heavy atom. The SMILES string of the molecule is C#COc1ccc(OCc2ccc(C(C)(C)C)cc2)cc1. The van der Waals surface area contributed by atoms with Crippen molar-refractivity contribution in [2.24, 2.45) is 0 Å². The highest BCUT2D eigenvalue weighted by Crippen LogP contribution is 2.23. The largest absolute Gasteiger partial charge is 0.489 e. The number of terminal acetylenes is 1. The molecule has 0 radical (unpaired) electrons. The lowest BCUT2D eigenvalue weighted by molar-refractivity contribution is 0.306. The van der Waals surface area contributed by atoms with Crippen LogP contribution in [0.5, 0.6) is 11.5 Å². The van der Waals surface area contributed by atoms with Crippen molar-refractivity contribution in [1.82, 2.24) is 0 Å². The zero-order valence-corrected chi connectivity index (χ0v) is 12.7. The topological polar surface area (TPSA) is 18.5 Å². The summed E-state index contributed by atoms with van der Waals surface area (Å²) in [7, 11) is 0. The Morgan fingerprint density at radius 2 is 1.48 bits per heavy atom. The number of ether oxygens (including phenoxy) is 2. The molecule has 0 bridgehead atoms. The van der Waals surface area contributed by atoms with Gasteiger partial charge in [0.15, 0.2) is 0 Å². The summed E-state index contributed by atoms with van der Waals surface area (Å²) in [5, 5.41) is 0. The second kappa shape index (κ2) is 6.37. The summed E-state index contributed by atoms with van der Waals surface area (Å²) in [6.45, 7) is 7.16. The molecule has 0 aliphatic rings. The van der Waals surface area contributed by atoms with Crippen LogP contribution >= 0.6 is 0 Å². The Hall–Kier alpha value is -2.40. The molecule has 0 saturated carbocycles. The number of rotatable bonds is 4. The molecule has 0 saturated heterocycles. The van der Waals surface area contributed by atoms with Gasteiger partial charge in [0.1, 0.15) is 24.2 Å². The minimum Gasteiger partial charge on any atom is -0.489 e. The molecule has 0 aromatic heterocycles. The summed E-state index contributed by atoms with van der Waals surface area (Å²) in [5.41, 5.74) is 2.64. The molecule has 21 heavy (non-hydrogen) atoms. The van der Waals surface area contributed by atoms with Gasteiger partial charge in [-0.1, -0.05) is 51.5 Å². The van der Waals surface area contributed by atoms with Gasteiger partial charge in [-0.15, -0.1) is 0 Å². The Bertz CT molecular complexity index is 611. The summed E-state index contributed by atoms with van der Waals surface area (Å²) in [5.74, 6) is 1.43. The maximum absolute atomic E-state index is 5.74. The third-order valence-electron chi connectivity index (χ3n) is 3.23. The van der Waals surface area contributed by atoms with E-state index < -0.39 is 0 Å². The predicted molar refractivity (Wildman–Crippen MR) is 85.4 cm³/mol. The first-order chi connectivity index (χ1) is 9.99. The first-order valence-electron chi connectivity index (χ1n) is 6.94. The molecular formula is C19H20O2. The molecule has 2 heteroatoms. The van der Waals surface area contributed by atoms with Crippen LogP contribution < -0.4 is 9.47 Å². The van der Waals surface area contributed by atoms with Crippen LogP contribution in [0.3, 0.4) is 0 Å². The van der Waals surface area contributed by atoms with Gasteiger partial charge in [-0.2, -0.15) is 0 Å². The van der Waals surface area contributed by atoms with E-state index in [1.54, 1.807) is 12.1 Å². The summed E-state index contributed by atoms with van der Waals surface area (Å²) >= 11 is 0. The van der Waals surface area contributed by atoms with Crippen molar-refractivity contribution in [2.45, 2.75) is 32.8 Å². The molecule has 0 N–H and O–H groups in total. The van der Waals surface area contributed by atoms with E-state index in [9.17, 15) is 0 Å². The van der Waals surface area contributed by atoms with Gasteiger partial charge in [0.2, 0.25) is 0 Å². The molecule has 2 aromatic rings. The van der Waals surface area contributed by atoms with Crippen LogP contribution in [0.15, 0.2) is 48.5 Å². The molecule has 0 aliphatic heterocycles. The number of benzene rings is 2. The van der Waals surface area contributed by atoms with Crippen LogP contribution in [0.4, 0.5) is 0 Å². The highest BCUT2D eigenvalue weighted by atomic mass is 16.5. The first-order valence-corrected chi connectivity index (χ1v) is 6.94. The molecule has 0 atom stereocenters. The Morgan fingerprint density at radius 3 is 2.00 bits per heavy atom. The van der Waals surface area contributed by atoms with Crippen LogP contribution in [0, 0.1) is 12.5 Å². The number of hydrogen-bond acceptors (Lipinski definition) is 2.